The first-order valence-corrected chi connectivity index (χ1v) is 4.43. The predicted octanol–water partition coefficient (Wildman–Crippen LogP) is 0.559. The summed E-state index contributed by atoms with van der Waals surface area (Å²) < 4.78 is 0. The van der Waals surface area contributed by atoms with Gasteiger partial charge in [0, 0.05) is 25.7 Å². The molecule has 1 aliphatic rings. The zero-order valence-corrected chi connectivity index (χ0v) is 7.84. The Morgan fingerprint density at radius 2 is 2.58 bits per heavy atom. The molecule has 1 rings (SSSR count). The molecule has 1 N–H and O–H groups in total. The van der Waals surface area contributed by atoms with Crippen molar-refractivity contribution in [3.05, 3.63) is 11.6 Å². The molecule has 0 saturated carbocycles. The number of hydrogen-bond donors (Lipinski definition) is 1. The lowest BCUT2D eigenvalue weighted by molar-refractivity contribution is -0.128. The molecule has 1 saturated heterocycles. The fourth-order valence-electron chi connectivity index (χ4n) is 1.27. The smallest absolute Gasteiger partial charge is 0.239 e. The third-order valence-corrected chi connectivity index (χ3v) is 2.18. The summed E-state index contributed by atoms with van der Waals surface area (Å²) in [5, 5.41) is 3.10. The second kappa shape index (κ2) is 4.48. The van der Waals surface area contributed by atoms with Crippen LogP contribution in [0.5, 0.6) is 0 Å². The van der Waals surface area contributed by atoms with Crippen molar-refractivity contribution < 1.29 is 4.79 Å². The van der Waals surface area contributed by atoms with E-state index in [-0.39, 0.29) is 11.9 Å². The number of carbonyl (C=O) groups is 1. The van der Waals surface area contributed by atoms with Crippen LogP contribution in [0.4, 0.5) is 0 Å². The van der Waals surface area contributed by atoms with E-state index in [1.807, 2.05) is 7.05 Å². The van der Waals surface area contributed by atoms with Gasteiger partial charge in [-0.25, -0.2) is 0 Å². The standard InChI is InChI=1S/C8H13ClN2O/c1-11-6-3-7(8(11)12)10-5-2-4-9/h2,4,7,10H,3,5-6H2,1H3/b4-2+. The number of amides is 1. The minimum absolute atomic E-state index is 0.0112. The van der Waals surface area contributed by atoms with Gasteiger partial charge in [0.15, 0.2) is 0 Å². The minimum atomic E-state index is -0.0112. The molecule has 0 bridgehead atoms. The first-order valence-electron chi connectivity index (χ1n) is 3.99. The van der Waals surface area contributed by atoms with Crippen molar-refractivity contribution >= 4 is 17.5 Å². The number of hydrogen-bond acceptors (Lipinski definition) is 2. The van der Waals surface area contributed by atoms with E-state index in [0.717, 1.165) is 13.0 Å². The molecule has 0 aliphatic carbocycles. The van der Waals surface area contributed by atoms with Crippen molar-refractivity contribution in [2.45, 2.75) is 12.5 Å². The number of halogens is 1. The van der Waals surface area contributed by atoms with Gasteiger partial charge in [-0.15, -0.1) is 0 Å². The van der Waals surface area contributed by atoms with Gasteiger partial charge in [-0.3, -0.25) is 4.79 Å². The topological polar surface area (TPSA) is 32.3 Å². The summed E-state index contributed by atoms with van der Waals surface area (Å²) in [6.07, 6.45) is 2.68. The molecule has 0 spiro atoms. The van der Waals surface area contributed by atoms with Crippen molar-refractivity contribution in [2.75, 3.05) is 20.1 Å². The predicted molar refractivity (Wildman–Crippen MR) is 49.0 cm³/mol. The number of nitrogens with one attached hydrogen (secondary N) is 1. The monoisotopic (exact) mass is 188 g/mol. The van der Waals surface area contributed by atoms with E-state index in [0.29, 0.717) is 6.54 Å². The van der Waals surface area contributed by atoms with Crippen molar-refractivity contribution in [1.29, 1.82) is 0 Å². The zero-order chi connectivity index (χ0) is 8.97. The quantitative estimate of drug-likeness (QED) is 0.702. The molecule has 0 radical (unpaired) electrons. The molecule has 4 heteroatoms. The van der Waals surface area contributed by atoms with Crippen LogP contribution in [0.25, 0.3) is 0 Å². The summed E-state index contributed by atoms with van der Waals surface area (Å²) in [6.45, 7) is 1.51. The van der Waals surface area contributed by atoms with E-state index in [1.54, 1.807) is 11.0 Å². The molecule has 1 heterocycles. The van der Waals surface area contributed by atoms with Crippen LogP contribution in [0, 0.1) is 0 Å². The Hall–Kier alpha value is -0.540. The Kier molecular flexibility index (Phi) is 3.56. The van der Waals surface area contributed by atoms with Crippen LogP contribution in [-0.2, 0) is 4.79 Å². The Bertz CT molecular complexity index is 193. The molecule has 0 aromatic carbocycles. The van der Waals surface area contributed by atoms with Gasteiger partial charge in [-0.1, -0.05) is 17.7 Å². The highest BCUT2D eigenvalue weighted by Gasteiger charge is 2.27. The van der Waals surface area contributed by atoms with Gasteiger partial charge in [0.05, 0.1) is 6.04 Å². The average Bonchev–Trinajstić information content (AvgIpc) is 2.36. The number of rotatable bonds is 3. The molecular weight excluding hydrogens is 176 g/mol. The van der Waals surface area contributed by atoms with E-state index in [2.05, 4.69) is 5.32 Å². The van der Waals surface area contributed by atoms with Crippen molar-refractivity contribution in [2.24, 2.45) is 0 Å². The highest BCUT2D eigenvalue weighted by Crippen LogP contribution is 2.07. The number of carbonyl (C=O) groups excluding carboxylic acids is 1. The highest BCUT2D eigenvalue weighted by atomic mass is 35.5. The first kappa shape index (κ1) is 9.55. The van der Waals surface area contributed by atoms with E-state index < -0.39 is 0 Å². The van der Waals surface area contributed by atoms with Gasteiger partial charge in [-0.2, -0.15) is 0 Å². The molecule has 3 nitrogen and oxygen atoms in total. The van der Waals surface area contributed by atoms with Gasteiger partial charge < -0.3 is 10.2 Å². The fraction of sp³-hybridized carbons (Fsp3) is 0.625. The van der Waals surface area contributed by atoms with Crippen LogP contribution in [0.2, 0.25) is 0 Å². The minimum Gasteiger partial charge on any atom is -0.344 e. The summed E-state index contributed by atoms with van der Waals surface area (Å²) in [7, 11) is 1.82. The number of nitrogens with zero attached hydrogens (tertiary/aromatic N) is 1. The molecule has 1 atom stereocenters. The third-order valence-electron chi connectivity index (χ3n) is 2.00. The van der Waals surface area contributed by atoms with Crippen molar-refractivity contribution in [3.63, 3.8) is 0 Å². The molecule has 0 aromatic rings. The number of likely N-dealkylation sites (tertiary alicyclic amines) is 1. The second-order valence-corrected chi connectivity index (χ2v) is 3.12. The Balaban J connectivity index is 2.29. The van der Waals surface area contributed by atoms with E-state index in [4.69, 9.17) is 11.6 Å². The molecule has 12 heavy (non-hydrogen) atoms. The first-order chi connectivity index (χ1) is 5.75. The molecule has 1 aliphatic heterocycles. The molecule has 1 fully saturated rings. The second-order valence-electron chi connectivity index (χ2n) is 2.87. The molecule has 1 unspecified atom stereocenters. The normalized spacial score (nSPS) is 24.3. The summed E-state index contributed by atoms with van der Waals surface area (Å²) >= 11 is 5.34. The maximum atomic E-state index is 11.3. The third kappa shape index (κ3) is 2.22. The van der Waals surface area contributed by atoms with Crippen LogP contribution >= 0.6 is 11.6 Å². The molecule has 1 amide bonds. The van der Waals surface area contributed by atoms with E-state index in [1.165, 1.54) is 5.54 Å². The lowest BCUT2D eigenvalue weighted by Gasteiger charge is -2.10. The molecule has 0 aromatic heterocycles. The SMILES string of the molecule is CN1CCC(NC/C=C/Cl)C1=O. The molecule has 68 valence electrons. The van der Waals surface area contributed by atoms with Gasteiger partial charge in [0.2, 0.25) is 5.91 Å². The Labute approximate surface area is 77.4 Å². The Morgan fingerprint density at radius 3 is 3.08 bits per heavy atom. The highest BCUT2D eigenvalue weighted by molar-refractivity contribution is 6.25. The van der Waals surface area contributed by atoms with Crippen LogP contribution in [0.15, 0.2) is 11.6 Å². The van der Waals surface area contributed by atoms with Crippen molar-refractivity contribution in [3.8, 4) is 0 Å². The van der Waals surface area contributed by atoms with Crippen LogP contribution < -0.4 is 5.32 Å². The zero-order valence-electron chi connectivity index (χ0n) is 7.09. The maximum absolute atomic E-state index is 11.3. The van der Waals surface area contributed by atoms with Crippen molar-refractivity contribution in [1.82, 2.24) is 10.2 Å². The van der Waals surface area contributed by atoms with Gasteiger partial charge >= 0.3 is 0 Å². The van der Waals surface area contributed by atoms with Crippen LogP contribution in [0.1, 0.15) is 6.42 Å². The van der Waals surface area contributed by atoms with Crippen LogP contribution in [0.3, 0.4) is 0 Å². The largest absolute Gasteiger partial charge is 0.344 e. The molecular formula is C8H13ClN2O. The van der Waals surface area contributed by atoms with E-state index in [9.17, 15) is 4.79 Å². The van der Waals surface area contributed by atoms with E-state index >= 15 is 0 Å². The van der Waals surface area contributed by atoms with Gasteiger partial charge in [0.25, 0.3) is 0 Å². The number of likely N-dealkylation sites (N-methyl/N-ethyl adjacent to an activating group) is 1. The van der Waals surface area contributed by atoms with Gasteiger partial charge in [0.1, 0.15) is 0 Å². The fourth-order valence-corrected chi connectivity index (χ4v) is 1.36. The lowest BCUT2D eigenvalue weighted by Crippen LogP contribution is -2.36. The van der Waals surface area contributed by atoms with Crippen LogP contribution in [-0.4, -0.2) is 37.0 Å². The Morgan fingerprint density at radius 1 is 1.83 bits per heavy atom. The lowest BCUT2D eigenvalue weighted by atomic mass is 10.2. The summed E-state index contributed by atoms with van der Waals surface area (Å²) in [4.78, 5) is 13.0. The van der Waals surface area contributed by atoms with Gasteiger partial charge in [-0.05, 0) is 6.42 Å². The average molecular weight is 189 g/mol. The summed E-state index contributed by atoms with van der Waals surface area (Å²) in [5.41, 5.74) is 1.45. The maximum Gasteiger partial charge on any atom is 0.239 e. The summed E-state index contributed by atoms with van der Waals surface area (Å²) in [6, 6.07) is -0.0112. The summed E-state index contributed by atoms with van der Waals surface area (Å²) in [5.74, 6) is 0.179.